The molecule has 0 saturated carbocycles. The molecule has 0 aliphatic heterocycles. The van der Waals surface area contributed by atoms with E-state index in [1.807, 2.05) is 0 Å². The van der Waals surface area contributed by atoms with Gasteiger partial charge in [-0.05, 0) is 23.3 Å². The number of nitrogens with zero attached hydrogens (tertiary/aromatic N) is 2. The van der Waals surface area contributed by atoms with Crippen LogP contribution in [0.5, 0.6) is 0 Å². The molecular weight excluding hydrogens is 316 g/mol. The van der Waals surface area contributed by atoms with Gasteiger partial charge in [-0.1, -0.05) is 72.8 Å². The Kier molecular flexibility index (Phi) is 3.36. The van der Waals surface area contributed by atoms with Gasteiger partial charge >= 0.3 is 0 Å². The molecule has 0 N–H and O–H groups in total. The highest BCUT2D eigenvalue weighted by atomic mass is 15.1. The van der Waals surface area contributed by atoms with Gasteiger partial charge in [0.2, 0.25) is 0 Å². The number of hydrogen-bond acceptors (Lipinski definition) is 0. The molecule has 5 rings (SSSR count). The summed E-state index contributed by atoms with van der Waals surface area (Å²) in [5.41, 5.74) is 8.60. The van der Waals surface area contributed by atoms with Crippen LogP contribution in [0.3, 0.4) is 0 Å². The van der Waals surface area contributed by atoms with Crippen LogP contribution in [-0.2, 0) is 7.05 Å². The van der Waals surface area contributed by atoms with Crippen molar-refractivity contribution in [2.75, 3.05) is 0 Å². The molecule has 0 radical (unpaired) electrons. The molecule has 0 spiro atoms. The maximum Gasteiger partial charge on any atom is 0.287 e. The summed E-state index contributed by atoms with van der Waals surface area (Å²) in [6.07, 6.45) is 2.27. The van der Waals surface area contributed by atoms with Crippen molar-refractivity contribution in [1.29, 1.82) is 0 Å². The average Bonchev–Trinajstić information content (AvgIpc) is 3.00. The van der Waals surface area contributed by atoms with Gasteiger partial charge in [-0.3, -0.25) is 0 Å². The second-order valence-corrected chi connectivity index (χ2v) is 6.61. The Bertz CT molecular complexity index is 1220. The fraction of sp³-hybridized carbons (Fsp3) is 0.0417. The van der Waals surface area contributed by atoms with Gasteiger partial charge in [0.1, 0.15) is 6.20 Å². The van der Waals surface area contributed by atoms with Crippen LogP contribution in [-0.4, -0.2) is 4.40 Å². The Hall–Kier alpha value is -3.39. The number of pyridine rings is 1. The van der Waals surface area contributed by atoms with Crippen molar-refractivity contribution >= 4 is 16.7 Å². The fourth-order valence-corrected chi connectivity index (χ4v) is 3.77. The number of hydrogen-bond donors (Lipinski definition) is 0. The molecule has 2 nitrogen and oxygen atoms in total. The van der Waals surface area contributed by atoms with Gasteiger partial charge in [0.25, 0.3) is 5.65 Å². The monoisotopic (exact) mass is 335 g/mol. The third kappa shape index (κ3) is 2.23. The van der Waals surface area contributed by atoms with Crippen LogP contribution in [0, 0.1) is 0 Å². The van der Waals surface area contributed by atoms with Crippen molar-refractivity contribution in [2.45, 2.75) is 0 Å². The normalized spacial score (nSPS) is 11.3. The number of para-hydroxylation sites is 2. The topological polar surface area (TPSA) is 8.29 Å². The molecule has 0 aliphatic rings. The van der Waals surface area contributed by atoms with E-state index in [1.54, 1.807) is 0 Å². The van der Waals surface area contributed by atoms with Gasteiger partial charge in [0, 0.05) is 17.2 Å². The zero-order valence-corrected chi connectivity index (χ0v) is 14.6. The van der Waals surface area contributed by atoms with Crippen molar-refractivity contribution in [2.24, 2.45) is 7.05 Å². The van der Waals surface area contributed by atoms with E-state index in [9.17, 15) is 0 Å². The SMILES string of the molecule is C[n+]1c2ccccc2n2cc(-c3ccccc3)c(-c3ccccc3)cc21. The minimum atomic E-state index is 1.18. The number of aryl methyl sites for hydroxylation is 1. The number of rotatable bonds is 2. The summed E-state index contributed by atoms with van der Waals surface area (Å²) in [5.74, 6) is 0. The minimum Gasteiger partial charge on any atom is -0.226 e. The van der Waals surface area contributed by atoms with E-state index in [2.05, 4.69) is 113 Å². The average molecular weight is 335 g/mol. The predicted octanol–water partition coefficient (Wildman–Crippen LogP) is 5.25. The number of fused-ring (bicyclic) bond motifs is 3. The van der Waals surface area contributed by atoms with Gasteiger partial charge in [-0.2, -0.15) is 4.40 Å². The van der Waals surface area contributed by atoms with E-state index in [0.29, 0.717) is 0 Å². The Labute approximate surface area is 152 Å². The van der Waals surface area contributed by atoms with E-state index in [4.69, 9.17) is 0 Å². The zero-order chi connectivity index (χ0) is 17.5. The summed E-state index contributed by atoms with van der Waals surface area (Å²) in [5, 5.41) is 0. The molecule has 0 fully saturated rings. The van der Waals surface area contributed by atoms with Crippen LogP contribution in [0.2, 0.25) is 0 Å². The van der Waals surface area contributed by atoms with Gasteiger partial charge in [0.05, 0.1) is 7.05 Å². The lowest BCUT2D eigenvalue weighted by Crippen LogP contribution is -2.27. The molecule has 0 bridgehead atoms. The van der Waals surface area contributed by atoms with Gasteiger partial charge < -0.3 is 0 Å². The fourth-order valence-electron chi connectivity index (χ4n) is 3.77. The number of benzene rings is 3. The van der Waals surface area contributed by atoms with Gasteiger partial charge in [-0.25, -0.2) is 4.57 Å². The van der Waals surface area contributed by atoms with Crippen LogP contribution in [0.4, 0.5) is 0 Å². The van der Waals surface area contributed by atoms with Crippen LogP contribution in [0.25, 0.3) is 38.9 Å². The first kappa shape index (κ1) is 14.9. The molecule has 3 aromatic carbocycles. The van der Waals surface area contributed by atoms with Crippen LogP contribution >= 0.6 is 0 Å². The third-order valence-electron chi connectivity index (χ3n) is 5.08. The second-order valence-electron chi connectivity index (χ2n) is 6.61. The highest BCUT2D eigenvalue weighted by Gasteiger charge is 2.20. The first-order valence-corrected chi connectivity index (χ1v) is 8.86. The summed E-state index contributed by atoms with van der Waals surface area (Å²) in [6.45, 7) is 0. The van der Waals surface area contributed by atoms with Crippen molar-refractivity contribution < 1.29 is 4.57 Å². The molecule has 26 heavy (non-hydrogen) atoms. The number of imidazole rings is 1. The molecule has 0 amide bonds. The highest BCUT2D eigenvalue weighted by Crippen LogP contribution is 2.33. The summed E-state index contributed by atoms with van der Waals surface area (Å²) in [4.78, 5) is 0. The Morgan fingerprint density at radius 2 is 1.23 bits per heavy atom. The quantitative estimate of drug-likeness (QED) is 0.389. The van der Waals surface area contributed by atoms with E-state index >= 15 is 0 Å². The molecular formula is C24H19N2+. The van der Waals surface area contributed by atoms with Crippen LogP contribution in [0.15, 0.2) is 97.2 Å². The first-order chi connectivity index (χ1) is 12.8. The lowest BCUT2D eigenvalue weighted by Gasteiger charge is -2.09. The van der Waals surface area contributed by atoms with Crippen LogP contribution < -0.4 is 4.57 Å². The molecule has 0 saturated heterocycles. The van der Waals surface area contributed by atoms with Crippen molar-refractivity contribution in [1.82, 2.24) is 4.40 Å². The Morgan fingerprint density at radius 1 is 0.654 bits per heavy atom. The standard InChI is InChI=1S/C24H19N2/c1-25-22-14-8-9-15-23(22)26-17-21(19-12-6-3-7-13-19)20(16-24(25)26)18-10-4-2-5-11-18/h2-17H,1H3/q+1. The molecule has 124 valence electrons. The maximum atomic E-state index is 2.30. The minimum absolute atomic E-state index is 1.18. The molecule has 2 heterocycles. The lowest BCUT2D eigenvalue weighted by molar-refractivity contribution is -0.618. The summed E-state index contributed by atoms with van der Waals surface area (Å²) < 4.78 is 4.56. The number of aromatic nitrogens is 2. The van der Waals surface area contributed by atoms with Gasteiger partial charge in [-0.15, -0.1) is 0 Å². The molecule has 2 aromatic heterocycles. The van der Waals surface area contributed by atoms with Crippen molar-refractivity contribution in [3.63, 3.8) is 0 Å². The van der Waals surface area contributed by atoms with E-state index in [0.717, 1.165) is 0 Å². The lowest BCUT2D eigenvalue weighted by atomic mass is 9.96. The maximum absolute atomic E-state index is 2.30. The molecule has 0 unspecified atom stereocenters. The van der Waals surface area contributed by atoms with E-state index < -0.39 is 0 Å². The second kappa shape index (κ2) is 5.85. The predicted molar refractivity (Wildman–Crippen MR) is 107 cm³/mol. The highest BCUT2D eigenvalue weighted by molar-refractivity contribution is 5.87. The van der Waals surface area contributed by atoms with Crippen LogP contribution in [0.1, 0.15) is 0 Å². The Morgan fingerprint density at radius 3 is 1.92 bits per heavy atom. The molecule has 5 aromatic rings. The van der Waals surface area contributed by atoms with Gasteiger partial charge in [0.15, 0.2) is 11.0 Å². The third-order valence-corrected chi connectivity index (χ3v) is 5.08. The summed E-state index contributed by atoms with van der Waals surface area (Å²) >= 11 is 0. The summed E-state index contributed by atoms with van der Waals surface area (Å²) in [6, 6.07) is 32.1. The van der Waals surface area contributed by atoms with Crippen molar-refractivity contribution in [3.05, 3.63) is 97.2 Å². The van der Waals surface area contributed by atoms with Crippen molar-refractivity contribution in [3.8, 4) is 22.3 Å². The molecule has 0 aliphatic carbocycles. The van der Waals surface area contributed by atoms with E-state index in [-0.39, 0.29) is 0 Å². The largest absolute Gasteiger partial charge is 0.287 e. The van der Waals surface area contributed by atoms with E-state index in [1.165, 1.54) is 38.9 Å². The molecule has 2 heteroatoms. The first-order valence-electron chi connectivity index (χ1n) is 8.86. The Balaban J connectivity index is 1.92. The molecule has 0 atom stereocenters. The summed E-state index contributed by atoms with van der Waals surface area (Å²) in [7, 11) is 2.13. The smallest absolute Gasteiger partial charge is 0.226 e. The zero-order valence-electron chi connectivity index (χ0n) is 14.6.